The number of aromatic nitrogens is 1. The Labute approximate surface area is 157 Å². The van der Waals surface area contributed by atoms with Crippen LogP contribution in [0.3, 0.4) is 0 Å². The first-order chi connectivity index (χ1) is 13.0. The zero-order valence-corrected chi connectivity index (χ0v) is 14.9. The van der Waals surface area contributed by atoms with Gasteiger partial charge in [-0.3, -0.25) is 9.59 Å². The molecule has 1 aromatic heterocycles. The van der Waals surface area contributed by atoms with Crippen LogP contribution < -0.4 is 15.4 Å². The molecule has 0 spiro atoms. The Kier molecular flexibility index (Phi) is 6.55. The second-order valence-electron chi connectivity index (χ2n) is 6.07. The van der Waals surface area contributed by atoms with E-state index in [2.05, 4.69) is 20.4 Å². The van der Waals surface area contributed by atoms with Gasteiger partial charge in [-0.15, -0.1) is 13.2 Å². The minimum atomic E-state index is -5.00. The molecule has 2 aromatic rings. The van der Waals surface area contributed by atoms with Crippen LogP contribution in [-0.2, 0) is 11.3 Å². The predicted octanol–water partition coefficient (Wildman–Crippen LogP) is 3.64. The molecule has 0 aliphatic rings. The smallest absolute Gasteiger partial charge is 0.403 e. The first kappa shape index (κ1) is 21.1. The van der Waals surface area contributed by atoms with E-state index in [9.17, 15) is 27.2 Å². The van der Waals surface area contributed by atoms with Gasteiger partial charge >= 0.3 is 6.36 Å². The molecule has 0 saturated carbocycles. The molecule has 28 heavy (non-hydrogen) atoms. The lowest BCUT2D eigenvalue weighted by molar-refractivity contribution is -0.275. The number of nitrogens with one attached hydrogen (secondary N) is 2. The molecule has 0 unspecified atom stereocenters. The number of carbonyl (C=O) groups is 2. The van der Waals surface area contributed by atoms with E-state index in [0.29, 0.717) is 0 Å². The maximum Gasteiger partial charge on any atom is 0.573 e. The quantitative estimate of drug-likeness (QED) is 0.727. The largest absolute Gasteiger partial charge is 0.573 e. The fourth-order valence-corrected chi connectivity index (χ4v) is 2.06. The number of anilines is 1. The van der Waals surface area contributed by atoms with Crippen molar-refractivity contribution in [3.63, 3.8) is 0 Å². The van der Waals surface area contributed by atoms with E-state index in [1.54, 1.807) is 13.8 Å². The van der Waals surface area contributed by atoms with E-state index in [1.165, 1.54) is 24.4 Å². The van der Waals surface area contributed by atoms with E-state index in [1.807, 2.05) is 0 Å². The molecule has 1 heterocycles. The second-order valence-corrected chi connectivity index (χ2v) is 6.07. The molecule has 150 valence electrons. The highest BCUT2D eigenvalue weighted by molar-refractivity contribution is 5.96. The number of amides is 2. The van der Waals surface area contributed by atoms with Gasteiger partial charge in [0.2, 0.25) is 5.91 Å². The fraction of sp³-hybridized carbons (Fsp3) is 0.278. The van der Waals surface area contributed by atoms with Crippen LogP contribution >= 0.6 is 0 Å². The zero-order chi connectivity index (χ0) is 20.9. The lowest BCUT2D eigenvalue weighted by Gasteiger charge is -2.11. The minimum Gasteiger partial charge on any atom is -0.403 e. The number of benzene rings is 1. The number of pyridine rings is 1. The van der Waals surface area contributed by atoms with E-state index in [0.717, 1.165) is 12.1 Å². The van der Waals surface area contributed by atoms with Gasteiger partial charge in [0.25, 0.3) is 5.91 Å². The monoisotopic (exact) mass is 399 g/mol. The van der Waals surface area contributed by atoms with Crippen molar-refractivity contribution >= 4 is 17.6 Å². The van der Waals surface area contributed by atoms with Gasteiger partial charge in [-0.25, -0.2) is 9.37 Å². The summed E-state index contributed by atoms with van der Waals surface area (Å²) in [4.78, 5) is 27.8. The third kappa shape index (κ3) is 6.22. The van der Waals surface area contributed by atoms with Gasteiger partial charge in [0.05, 0.1) is 0 Å². The van der Waals surface area contributed by atoms with Gasteiger partial charge in [-0.1, -0.05) is 19.9 Å². The summed E-state index contributed by atoms with van der Waals surface area (Å²) in [5.41, 5.74) is 0.439. The summed E-state index contributed by atoms with van der Waals surface area (Å²) in [6.07, 6.45) is -3.66. The van der Waals surface area contributed by atoms with Gasteiger partial charge in [0.15, 0.2) is 11.6 Å². The summed E-state index contributed by atoms with van der Waals surface area (Å²) in [6, 6.07) is 5.65. The van der Waals surface area contributed by atoms with Crippen molar-refractivity contribution < 1.29 is 31.9 Å². The van der Waals surface area contributed by atoms with E-state index in [4.69, 9.17) is 0 Å². The maximum atomic E-state index is 13.7. The standard InChI is InChI=1S/C18H17F4N3O3/c1-10(2)16(26)25-15-8-12(5-6-23-15)17(27)24-9-11-3-4-14(13(19)7-11)28-18(20,21)22/h3-8,10H,9H2,1-2H3,(H,24,27)(H,23,25,26). The first-order valence-electron chi connectivity index (χ1n) is 8.14. The number of nitrogens with zero attached hydrogens (tertiary/aromatic N) is 1. The number of hydrogen-bond donors (Lipinski definition) is 2. The lowest BCUT2D eigenvalue weighted by Crippen LogP contribution is -2.24. The average molecular weight is 399 g/mol. The van der Waals surface area contributed by atoms with Gasteiger partial charge in [0.1, 0.15) is 5.82 Å². The number of rotatable bonds is 6. The molecule has 0 atom stereocenters. The van der Waals surface area contributed by atoms with E-state index < -0.39 is 23.8 Å². The molecule has 0 aliphatic heterocycles. The van der Waals surface area contributed by atoms with Crippen molar-refractivity contribution in [2.45, 2.75) is 26.8 Å². The molecule has 2 N–H and O–H groups in total. The Morgan fingerprint density at radius 2 is 1.89 bits per heavy atom. The molecule has 2 amide bonds. The summed E-state index contributed by atoms with van der Waals surface area (Å²) in [5.74, 6) is -3.02. The molecule has 0 saturated heterocycles. The van der Waals surface area contributed by atoms with Gasteiger partial charge in [0, 0.05) is 24.2 Å². The molecule has 6 nitrogen and oxygen atoms in total. The van der Waals surface area contributed by atoms with Crippen molar-refractivity contribution in [3.05, 3.63) is 53.5 Å². The van der Waals surface area contributed by atoms with Gasteiger partial charge < -0.3 is 15.4 Å². The first-order valence-corrected chi connectivity index (χ1v) is 8.14. The summed E-state index contributed by atoms with van der Waals surface area (Å²) in [5, 5.41) is 5.06. The van der Waals surface area contributed by atoms with Crippen LogP contribution in [-0.4, -0.2) is 23.2 Å². The Morgan fingerprint density at radius 1 is 1.18 bits per heavy atom. The molecule has 0 bridgehead atoms. The third-order valence-electron chi connectivity index (χ3n) is 3.47. The highest BCUT2D eigenvalue weighted by atomic mass is 19.4. The molecule has 1 aromatic carbocycles. The van der Waals surface area contributed by atoms with Crippen LogP contribution in [0.2, 0.25) is 0 Å². The Balaban J connectivity index is 2.00. The van der Waals surface area contributed by atoms with Crippen LogP contribution in [0.4, 0.5) is 23.4 Å². The summed E-state index contributed by atoms with van der Waals surface area (Å²) < 4.78 is 53.6. The van der Waals surface area contributed by atoms with Gasteiger partial charge in [-0.05, 0) is 29.8 Å². The average Bonchev–Trinajstić information content (AvgIpc) is 2.61. The molecular formula is C18H17F4N3O3. The lowest BCUT2D eigenvalue weighted by atomic mass is 10.2. The second kappa shape index (κ2) is 8.68. The third-order valence-corrected chi connectivity index (χ3v) is 3.47. The van der Waals surface area contributed by atoms with E-state index in [-0.39, 0.29) is 35.3 Å². The molecule has 0 fully saturated rings. The molecule has 0 aliphatic carbocycles. The Morgan fingerprint density at radius 3 is 2.50 bits per heavy atom. The summed E-state index contributed by atoms with van der Waals surface area (Å²) in [6.45, 7) is 3.28. The normalized spacial score (nSPS) is 11.2. The predicted molar refractivity (Wildman–Crippen MR) is 92.0 cm³/mol. The summed E-state index contributed by atoms with van der Waals surface area (Å²) >= 11 is 0. The highest BCUT2D eigenvalue weighted by Gasteiger charge is 2.32. The van der Waals surface area contributed by atoms with Crippen molar-refractivity contribution in [1.82, 2.24) is 10.3 Å². The topological polar surface area (TPSA) is 80.3 Å². The van der Waals surface area contributed by atoms with Crippen LogP contribution in [0.25, 0.3) is 0 Å². The Hall–Kier alpha value is -3.17. The fourth-order valence-electron chi connectivity index (χ4n) is 2.06. The van der Waals surface area contributed by atoms with Crippen LogP contribution in [0.1, 0.15) is 29.8 Å². The SMILES string of the molecule is CC(C)C(=O)Nc1cc(C(=O)NCc2ccc(OC(F)(F)F)c(F)c2)ccn1. The Bertz CT molecular complexity index is 869. The van der Waals surface area contributed by atoms with Crippen molar-refractivity contribution in [3.8, 4) is 5.75 Å². The molecule has 2 rings (SSSR count). The zero-order valence-electron chi connectivity index (χ0n) is 14.9. The van der Waals surface area contributed by atoms with Crippen molar-refractivity contribution in [1.29, 1.82) is 0 Å². The summed E-state index contributed by atoms with van der Waals surface area (Å²) in [7, 11) is 0. The number of alkyl halides is 3. The molecule has 10 heteroatoms. The number of halogens is 4. The van der Waals surface area contributed by atoms with Crippen LogP contribution in [0.15, 0.2) is 36.5 Å². The number of hydrogen-bond acceptors (Lipinski definition) is 4. The minimum absolute atomic E-state index is 0.127. The van der Waals surface area contributed by atoms with E-state index >= 15 is 0 Å². The number of ether oxygens (including phenoxy) is 1. The van der Waals surface area contributed by atoms with Crippen molar-refractivity contribution in [2.24, 2.45) is 5.92 Å². The maximum absolute atomic E-state index is 13.7. The number of carbonyl (C=O) groups excluding carboxylic acids is 2. The van der Waals surface area contributed by atoms with Gasteiger partial charge in [-0.2, -0.15) is 0 Å². The highest BCUT2D eigenvalue weighted by Crippen LogP contribution is 2.26. The molecular weight excluding hydrogens is 382 g/mol. The van der Waals surface area contributed by atoms with Crippen LogP contribution in [0, 0.1) is 11.7 Å². The van der Waals surface area contributed by atoms with Crippen molar-refractivity contribution in [2.75, 3.05) is 5.32 Å². The van der Waals surface area contributed by atoms with Crippen LogP contribution in [0.5, 0.6) is 5.75 Å². The molecule has 0 radical (unpaired) electrons.